The molecule has 2 aromatic carbocycles. The lowest BCUT2D eigenvalue weighted by Crippen LogP contribution is -2.48. The van der Waals surface area contributed by atoms with Gasteiger partial charge in [0.1, 0.15) is 11.6 Å². The van der Waals surface area contributed by atoms with Crippen LogP contribution in [0.15, 0.2) is 47.4 Å². The first-order valence-electron chi connectivity index (χ1n) is 11.4. The molecule has 0 amide bonds. The minimum Gasteiger partial charge on any atom is -0.449 e. The van der Waals surface area contributed by atoms with E-state index < -0.39 is 23.2 Å². The number of Topliss-reactive ketones (excluding diaryl/α,β-unsaturated/α-hetero) is 1. The van der Waals surface area contributed by atoms with Gasteiger partial charge < -0.3 is 19.3 Å². The van der Waals surface area contributed by atoms with E-state index in [0.29, 0.717) is 42.9 Å². The molecule has 0 unspecified atom stereocenters. The van der Waals surface area contributed by atoms with Crippen molar-refractivity contribution in [3.8, 4) is 5.75 Å². The molecule has 2 fully saturated rings. The fraction of sp³-hybridized carbons (Fsp3) is 0.320. The zero-order valence-electron chi connectivity index (χ0n) is 18.7. The van der Waals surface area contributed by atoms with Gasteiger partial charge in [-0.05, 0) is 49.2 Å². The molecule has 10 heteroatoms. The van der Waals surface area contributed by atoms with E-state index in [9.17, 15) is 18.8 Å². The molecule has 1 aliphatic heterocycles. The Bertz CT molecular complexity index is 1360. The average molecular weight is 483 g/mol. The standard InChI is InChI=1S/C25H23F2N3O5/c26-16-3-1-15(2-4-16)22(31)13-28-7-9-29(10-8-28)21-12-20-18(11-19(21)27)24(32)23(35-25(33)34)14-30(20)17-5-6-17/h1-4,11-12,14,17H,5-10,13H2,(H,33,34). The van der Waals surface area contributed by atoms with Crippen molar-refractivity contribution >= 4 is 28.5 Å². The number of carbonyl (C=O) groups excluding carboxylic acids is 1. The molecule has 1 saturated carbocycles. The van der Waals surface area contributed by atoms with Crippen molar-refractivity contribution < 1.29 is 28.2 Å². The zero-order valence-corrected chi connectivity index (χ0v) is 18.7. The third kappa shape index (κ3) is 4.74. The maximum absolute atomic E-state index is 15.1. The number of ketones is 1. The Kier molecular flexibility index (Phi) is 5.98. The quantitative estimate of drug-likeness (QED) is 0.423. The minimum absolute atomic E-state index is 0.0698. The minimum atomic E-state index is -1.60. The monoisotopic (exact) mass is 483 g/mol. The number of hydrogen-bond acceptors (Lipinski definition) is 6. The lowest BCUT2D eigenvalue weighted by atomic mass is 10.1. The molecule has 5 rings (SSSR count). The van der Waals surface area contributed by atoms with E-state index >= 15 is 4.39 Å². The highest BCUT2D eigenvalue weighted by Crippen LogP contribution is 2.39. The van der Waals surface area contributed by atoms with Crippen molar-refractivity contribution in [1.82, 2.24) is 9.47 Å². The number of benzene rings is 2. The number of ether oxygens (including phenoxy) is 1. The van der Waals surface area contributed by atoms with Crippen LogP contribution in [0.2, 0.25) is 0 Å². The molecule has 1 aromatic heterocycles. The highest BCUT2D eigenvalue weighted by Gasteiger charge is 2.28. The number of fused-ring (bicyclic) bond motifs is 1. The number of carboxylic acid groups (broad SMARTS) is 1. The van der Waals surface area contributed by atoms with E-state index in [-0.39, 0.29) is 29.5 Å². The van der Waals surface area contributed by atoms with Crippen molar-refractivity contribution in [2.75, 3.05) is 37.6 Å². The van der Waals surface area contributed by atoms with E-state index in [0.717, 1.165) is 18.9 Å². The van der Waals surface area contributed by atoms with Gasteiger partial charge in [0.2, 0.25) is 5.43 Å². The molecule has 2 heterocycles. The van der Waals surface area contributed by atoms with Crippen LogP contribution in [0.1, 0.15) is 29.2 Å². The van der Waals surface area contributed by atoms with Crippen LogP contribution in [0, 0.1) is 11.6 Å². The van der Waals surface area contributed by atoms with Gasteiger partial charge in [-0.2, -0.15) is 0 Å². The highest BCUT2D eigenvalue weighted by atomic mass is 19.1. The molecule has 0 spiro atoms. The third-order valence-corrected chi connectivity index (χ3v) is 6.45. The van der Waals surface area contributed by atoms with E-state index in [1.807, 2.05) is 9.80 Å². The molecule has 1 N–H and O–H groups in total. The second-order valence-electron chi connectivity index (χ2n) is 8.84. The van der Waals surface area contributed by atoms with Gasteiger partial charge in [-0.15, -0.1) is 0 Å². The SMILES string of the molecule is O=C(O)Oc1cn(C2CC2)c2cc(N3CCN(CC(=O)c4ccc(F)cc4)CC3)c(F)cc2c1=O. The molecular weight excluding hydrogens is 460 g/mol. The Balaban J connectivity index is 1.36. The summed E-state index contributed by atoms with van der Waals surface area (Å²) in [5.41, 5.74) is 0.649. The summed E-state index contributed by atoms with van der Waals surface area (Å²) < 4.78 is 34.7. The predicted octanol–water partition coefficient (Wildman–Crippen LogP) is 3.68. The van der Waals surface area contributed by atoms with Gasteiger partial charge in [-0.25, -0.2) is 13.6 Å². The van der Waals surface area contributed by atoms with Gasteiger partial charge in [-0.3, -0.25) is 14.5 Å². The summed E-state index contributed by atoms with van der Waals surface area (Å²) >= 11 is 0. The number of rotatable bonds is 6. The van der Waals surface area contributed by atoms with E-state index in [1.54, 1.807) is 10.6 Å². The number of anilines is 1. The fourth-order valence-electron chi connectivity index (χ4n) is 4.47. The Hall–Kier alpha value is -3.79. The van der Waals surface area contributed by atoms with Crippen LogP contribution >= 0.6 is 0 Å². The van der Waals surface area contributed by atoms with Gasteiger partial charge in [0.15, 0.2) is 11.5 Å². The summed E-state index contributed by atoms with van der Waals surface area (Å²) in [4.78, 5) is 40.1. The van der Waals surface area contributed by atoms with Crippen molar-refractivity contribution in [3.63, 3.8) is 0 Å². The van der Waals surface area contributed by atoms with Gasteiger partial charge in [0, 0.05) is 37.8 Å². The third-order valence-electron chi connectivity index (χ3n) is 6.45. The first-order chi connectivity index (χ1) is 16.8. The van der Waals surface area contributed by atoms with E-state index in [2.05, 4.69) is 4.74 Å². The number of aromatic nitrogens is 1. The second-order valence-corrected chi connectivity index (χ2v) is 8.84. The smallest absolute Gasteiger partial charge is 0.449 e. The van der Waals surface area contributed by atoms with Gasteiger partial charge >= 0.3 is 6.16 Å². The molecule has 1 saturated heterocycles. The Morgan fingerprint density at radius 1 is 1.03 bits per heavy atom. The van der Waals surface area contributed by atoms with Gasteiger partial charge in [0.05, 0.1) is 29.3 Å². The summed E-state index contributed by atoms with van der Waals surface area (Å²) in [6.07, 6.45) is 1.53. The molecular formula is C25H23F2N3O5. The number of nitrogens with zero attached hydrogens (tertiary/aromatic N) is 3. The van der Waals surface area contributed by atoms with Crippen molar-refractivity contribution in [1.29, 1.82) is 0 Å². The maximum Gasteiger partial charge on any atom is 0.511 e. The molecule has 0 bridgehead atoms. The molecule has 0 atom stereocenters. The number of pyridine rings is 1. The van der Waals surface area contributed by atoms with Crippen LogP contribution in [0.25, 0.3) is 10.9 Å². The number of hydrogen-bond donors (Lipinski definition) is 1. The van der Waals surface area contributed by atoms with E-state index in [1.165, 1.54) is 30.5 Å². The molecule has 3 aromatic rings. The van der Waals surface area contributed by atoms with Crippen LogP contribution in [0.4, 0.5) is 19.3 Å². The molecule has 35 heavy (non-hydrogen) atoms. The lowest BCUT2D eigenvalue weighted by Gasteiger charge is -2.36. The van der Waals surface area contributed by atoms with Crippen LogP contribution in [0.3, 0.4) is 0 Å². The molecule has 182 valence electrons. The molecule has 0 radical (unpaired) electrons. The van der Waals surface area contributed by atoms with Crippen LogP contribution in [-0.2, 0) is 0 Å². The summed E-state index contributed by atoms with van der Waals surface area (Å²) in [7, 11) is 0. The fourth-order valence-corrected chi connectivity index (χ4v) is 4.47. The summed E-state index contributed by atoms with van der Waals surface area (Å²) in [6, 6.07) is 8.31. The van der Waals surface area contributed by atoms with Crippen molar-refractivity contribution in [3.05, 3.63) is 70.0 Å². The molecule has 8 nitrogen and oxygen atoms in total. The van der Waals surface area contributed by atoms with Gasteiger partial charge in [-0.1, -0.05) is 0 Å². The topological polar surface area (TPSA) is 92.1 Å². The Morgan fingerprint density at radius 3 is 2.34 bits per heavy atom. The van der Waals surface area contributed by atoms with Crippen LogP contribution in [0.5, 0.6) is 5.75 Å². The summed E-state index contributed by atoms with van der Waals surface area (Å²) in [5.74, 6) is -1.43. The van der Waals surface area contributed by atoms with Crippen LogP contribution < -0.4 is 15.1 Å². The highest BCUT2D eigenvalue weighted by molar-refractivity contribution is 5.97. The average Bonchev–Trinajstić information content (AvgIpc) is 3.67. The summed E-state index contributed by atoms with van der Waals surface area (Å²) in [6.45, 7) is 2.21. The largest absolute Gasteiger partial charge is 0.511 e. The number of halogens is 2. The molecule has 2 aliphatic rings. The Labute approximate surface area is 198 Å². The van der Waals surface area contributed by atoms with Crippen LogP contribution in [-0.4, -0.2) is 59.2 Å². The Morgan fingerprint density at radius 2 is 1.71 bits per heavy atom. The molecule has 1 aliphatic carbocycles. The number of piperazine rings is 1. The maximum atomic E-state index is 15.1. The predicted molar refractivity (Wildman–Crippen MR) is 124 cm³/mol. The van der Waals surface area contributed by atoms with Gasteiger partial charge in [0.25, 0.3) is 0 Å². The van der Waals surface area contributed by atoms with Crippen molar-refractivity contribution in [2.45, 2.75) is 18.9 Å². The first-order valence-corrected chi connectivity index (χ1v) is 11.4. The summed E-state index contributed by atoms with van der Waals surface area (Å²) in [5, 5.41) is 9.01. The van der Waals surface area contributed by atoms with E-state index in [4.69, 9.17) is 5.11 Å². The zero-order chi connectivity index (χ0) is 24.7. The first kappa shape index (κ1) is 23.0. The second kappa shape index (κ2) is 9.10. The normalized spacial score (nSPS) is 16.5. The lowest BCUT2D eigenvalue weighted by molar-refractivity contribution is 0.0926. The van der Waals surface area contributed by atoms with Crippen molar-refractivity contribution in [2.24, 2.45) is 0 Å². The number of carbonyl (C=O) groups is 2.